The SMILES string of the molecule is Cc1ccc(C(C)C)cc1CC(=O)NCCO. The maximum absolute atomic E-state index is 11.6. The van der Waals surface area contributed by atoms with Crippen LogP contribution >= 0.6 is 0 Å². The zero-order chi connectivity index (χ0) is 12.8. The minimum absolute atomic E-state index is 0.0171. The van der Waals surface area contributed by atoms with Gasteiger partial charge in [-0.25, -0.2) is 0 Å². The van der Waals surface area contributed by atoms with E-state index in [1.807, 2.05) is 6.92 Å². The van der Waals surface area contributed by atoms with Gasteiger partial charge in [0.25, 0.3) is 0 Å². The number of hydrogen-bond acceptors (Lipinski definition) is 2. The van der Waals surface area contributed by atoms with Crippen LogP contribution in [-0.2, 0) is 11.2 Å². The number of nitrogens with one attached hydrogen (secondary N) is 1. The van der Waals surface area contributed by atoms with Crippen LogP contribution in [0.3, 0.4) is 0 Å². The Kier molecular flexibility index (Phi) is 5.16. The molecular weight excluding hydrogens is 214 g/mol. The fraction of sp³-hybridized carbons (Fsp3) is 0.500. The first-order valence-corrected chi connectivity index (χ1v) is 6.01. The molecule has 0 aliphatic heterocycles. The van der Waals surface area contributed by atoms with Crippen molar-refractivity contribution in [3.05, 3.63) is 34.9 Å². The topological polar surface area (TPSA) is 49.3 Å². The van der Waals surface area contributed by atoms with Crippen LogP contribution < -0.4 is 5.32 Å². The van der Waals surface area contributed by atoms with E-state index < -0.39 is 0 Å². The molecule has 0 atom stereocenters. The molecule has 3 nitrogen and oxygen atoms in total. The smallest absolute Gasteiger partial charge is 0.224 e. The largest absolute Gasteiger partial charge is 0.395 e. The van der Waals surface area contributed by atoms with Gasteiger partial charge < -0.3 is 10.4 Å². The van der Waals surface area contributed by atoms with Crippen LogP contribution in [0.2, 0.25) is 0 Å². The molecule has 1 aromatic carbocycles. The van der Waals surface area contributed by atoms with Gasteiger partial charge in [0.05, 0.1) is 13.0 Å². The van der Waals surface area contributed by atoms with Crippen molar-refractivity contribution in [3.63, 3.8) is 0 Å². The van der Waals surface area contributed by atoms with Crippen molar-refractivity contribution in [1.29, 1.82) is 0 Å². The molecule has 17 heavy (non-hydrogen) atoms. The van der Waals surface area contributed by atoms with Crippen LogP contribution in [0.5, 0.6) is 0 Å². The van der Waals surface area contributed by atoms with E-state index in [2.05, 4.69) is 37.4 Å². The molecule has 0 heterocycles. The number of aliphatic hydroxyl groups is 1. The van der Waals surface area contributed by atoms with E-state index in [0.717, 1.165) is 11.1 Å². The van der Waals surface area contributed by atoms with Crippen molar-refractivity contribution < 1.29 is 9.90 Å². The van der Waals surface area contributed by atoms with Gasteiger partial charge in [-0.2, -0.15) is 0 Å². The van der Waals surface area contributed by atoms with Gasteiger partial charge in [0.2, 0.25) is 5.91 Å². The summed E-state index contributed by atoms with van der Waals surface area (Å²) in [5.41, 5.74) is 3.45. The van der Waals surface area contributed by atoms with E-state index in [1.54, 1.807) is 0 Å². The molecule has 3 heteroatoms. The highest BCUT2D eigenvalue weighted by molar-refractivity contribution is 5.78. The number of carbonyl (C=O) groups excluding carboxylic acids is 1. The Labute approximate surface area is 103 Å². The summed E-state index contributed by atoms with van der Waals surface area (Å²) in [5, 5.41) is 11.3. The van der Waals surface area contributed by atoms with Crippen LogP contribution in [0.15, 0.2) is 18.2 Å². The number of amides is 1. The van der Waals surface area contributed by atoms with Crippen molar-refractivity contribution >= 4 is 5.91 Å². The summed E-state index contributed by atoms with van der Waals surface area (Å²) in [6, 6.07) is 6.26. The van der Waals surface area contributed by atoms with Crippen molar-refractivity contribution in [2.45, 2.75) is 33.1 Å². The van der Waals surface area contributed by atoms with Crippen LogP contribution in [0.1, 0.15) is 36.5 Å². The maximum atomic E-state index is 11.6. The lowest BCUT2D eigenvalue weighted by Gasteiger charge is -2.11. The van der Waals surface area contributed by atoms with Gasteiger partial charge in [-0.15, -0.1) is 0 Å². The summed E-state index contributed by atoms with van der Waals surface area (Å²) >= 11 is 0. The van der Waals surface area contributed by atoms with Gasteiger partial charge in [-0.05, 0) is 29.5 Å². The number of benzene rings is 1. The van der Waals surface area contributed by atoms with E-state index in [-0.39, 0.29) is 12.5 Å². The molecule has 0 saturated heterocycles. The predicted octanol–water partition coefficient (Wildman–Crippen LogP) is 1.77. The van der Waals surface area contributed by atoms with Gasteiger partial charge in [-0.3, -0.25) is 4.79 Å². The third-order valence-corrected chi connectivity index (χ3v) is 2.82. The van der Waals surface area contributed by atoms with E-state index >= 15 is 0 Å². The summed E-state index contributed by atoms with van der Waals surface area (Å²) in [7, 11) is 0. The second-order valence-corrected chi connectivity index (χ2v) is 4.59. The predicted molar refractivity (Wildman–Crippen MR) is 69.1 cm³/mol. The van der Waals surface area contributed by atoms with Gasteiger partial charge >= 0.3 is 0 Å². The average Bonchev–Trinajstić information content (AvgIpc) is 2.29. The van der Waals surface area contributed by atoms with Crippen molar-refractivity contribution in [2.75, 3.05) is 13.2 Å². The zero-order valence-electron chi connectivity index (χ0n) is 10.8. The molecular formula is C14H21NO2. The normalized spacial score (nSPS) is 10.6. The molecule has 0 saturated carbocycles. The molecule has 1 aromatic rings. The van der Waals surface area contributed by atoms with Gasteiger partial charge in [0.1, 0.15) is 0 Å². The van der Waals surface area contributed by atoms with Crippen LogP contribution in [-0.4, -0.2) is 24.2 Å². The Morgan fingerprint density at radius 3 is 2.71 bits per heavy atom. The number of aryl methyl sites for hydroxylation is 1. The third kappa shape index (κ3) is 4.19. The lowest BCUT2D eigenvalue weighted by atomic mass is 9.96. The maximum Gasteiger partial charge on any atom is 0.224 e. The van der Waals surface area contributed by atoms with Gasteiger partial charge in [0, 0.05) is 6.54 Å². The number of rotatable bonds is 5. The molecule has 1 rings (SSSR count). The Morgan fingerprint density at radius 2 is 2.12 bits per heavy atom. The molecule has 0 fully saturated rings. The van der Waals surface area contributed by atoms with Gasteiger partial charge in [0.15, 0.2) is 0 Å². The van der Waals surface area contributed by atoms with Crippen LogP contribution in [0, 0.1) is 6.92 Å². The highest BCUT2D eigenvalue weighted by atomic mass is 16.3. The van der Waals surface area contributed by atoms with Crippen LogP contribution in [0.25, 0.3) is 0 Å². The number of hydrogen-bond donors (Lipinski definition) is 2. The second-order valence-electron chi connectivity index (χ2n) is 4.59. The van der Waals surface area contributed by atoms with Crippen molar-refractivity contribution in [3.8, 4) is 0 Å². The summed E-state index contributed by atoms with van der Waals surface area (Å²) in [4.78, 5) is 11.6. The van der Waals surface area contributed by atoms with E-state index in [9.17, 15) is 4.79 Å². The molecule has 0 aliphatic carbocycles. The Balaban J connectivity index is 2.75. The first-order valence-electron chi connectivity index (χ1n) is 6.01. The summed E-state index contributed by atoms with van der Waals surface area (Å²) < 4.78 is 0. The van der Waals surface area contributed by atoms with Crippen LogP contribution in [0.4, 0.5) is 0 Å². The van der Waals surface area contributed by atoms with Gasteiger partial charge in [-0.1, -0.05) is 32.0 Å². The molecule has 0 unspecified atom stereocenters. The molecule has 0 bridgehead atoms. The number of aliphatic hydroxyl groups excluding tert-OH is 1. The highest BCUT2D eigenvalue weighted by Gasteiger charge is 2.07. The second kappa shape index (κ2) is 6.40. The lowest BCUT2D eigenvalue weighted by molar-refractivity contribution is -0.120. The Bertz CT molecular complexity index is 386. The first kappa shape index (κ1) is 13.7. The van der Waals surface area contributed by atoms with Crippen molar-refractivity contribution in [2.24, 2.45) is 0 Å². The summed E-state index contributed by atoms with van der Waals surface area (Å²) in [6.07, 6.45) is 0.381. The molecule has 94 valence electrons. The highest BCUT2D eigenvalue weighted by Crippen LogP contribution is 2.18. The van der Waals surface area contributed by atoms with E-state index in [4.69, 9.17) is 5.11 Å². The molecule has 2 N–H and O–H groups in total. The zero-order valence-corrected chi connectivity index (χ0v) is 10.8. The Morgan fingerprint density at radius 1 is 1.41 bits per heavy atom. The minimum atomic E-state index is -0.0388. The van der Waals surface area contributed by atoms with E-state index in [1.165, 1.54) is 5.56 Å². The minimum Gasteiger partial charge on any atom is -0.395 e. The Hall–Kier alpha value is -1.35. The number of carbonyl (C=O) groups is 1. The fourth-order valence-corrected chi connectivity index (χ4v) is 1.67. The lowest BCUT2D eigenvalue weighted by Crippen LogP contribution is -2.28. The van der Waals surface area contributed by atoms with Crippen molar-refractivity contribution in [1.82, 2.24) is 5.32 Å². The molecule has 0 radical (unpaired) electrons. The quantitative estimate of drug-likeness (QED) is 0.817. The molecule has 1 amide bonds. The summed E-state index contributed by atoms with van der Waals surface area (Å²) in [5.74, 6) is 0.429. The molecule has 0 spiro atoms. The standard InChI is InChI=1S/C14H21NO2/c1-10(2)12-5-4-11(3)13(8-12)9-14(17)15-6-7-16/h4-5,8,10,16H,6-7,9H2,1-3H3,(H,15,17). The molecule has 0 aliphatic rings. The monoisotopic (exact) mass is 235 g/mol. The third-order valence-electron chi connectivity index (χ3n) is 2.82. The average molecular weight is 235 g/mol. The first-order chi connectivity index (χ1) is 8.04. The molecule has 0 aromatic heterocycles. The fourth-order valence-electron chi connectivity index (χ4n) is 1.67. The summed E-state index contributed by atoms with van der Waals surface area (Å²) in [6.45, 7) is 6.60. The van der Waals surface area contributed by atoms with E-state index in [0.29, 0.717) is 18.9 Å².